The van der Waals surface area contributed by atoms with E-state index < -0.39 is 5.41 Å². The van der Waals surface area contributed by atoms with Gasteiger partial charge in [0.25, 0.3) is 0 Å². The fourth-order valence-electron chi connectivity index (χ4n) is 3.01. The van der Waals surface area contributed by atoms with Gasteiger partial charge in [-0.3, -0.25) is 9.79 Å². The van der Waals surface area contributed by atoms with Crippen molar-refractivity contribution in [2.45, 2.75) is 59.4 Å². The van der Waals surface area contributed by atoms with E-state index in [1.54, 1.807) is 7.05 Å². The monoisotopic (exact) mass is 467 g/mol. The molecular formula is C18H38IN5O. The lowest BCUT2D eigenvalue weighted by Gasteiger charge is -2.33. The number of aliphatic imine (C=N–C) groups is 1. The first-order chi connectivity index (χ1) is 11.4. The van der Waals surface area contributed by atoms with E-state index >= 15 is 0 Å². The van der Waals surface area contributed by atoms with Crippen LogP contribution in [0.25, 0.3) is 0 Å². The van der Waals surface area contributed by atoms with E-state index in [2.05, 4.69) is 39.7 Å². The third-order valence-electron chi connectivity index (χ3n) is 4.67. The van der Waals surface area contributed by atoms with Gasteiger partial charge in [-0.1, -0.05) is 6.42 Å². The fraction of sp³-hybridized carbons (Fsp3) is 0.889. The lowest BCUT2D eigenvalue weighted by Crippen LogP contribution is -2.42. The molecular weight excluding hydrogens is 429 g/mol. The molecule has 0 saturated carbocycles. The molecule has 1 rings (SSSR count). The van der Waals surface area contributed by atoms with Crippen molar-refractivity contribution in [2.24, 2.45) is 10.4 Å². The number of rotatable bonds is 8. The number of carbonyl (C=O) groups is 1. The third kappa shape index (κ3) is 9.08. The van der Waals surface area contributed by atoms with Crippen LogP contribution in [0.3, 0.4) is 0 Å². The molecule has 0 aromatic carbocycles. The van der Waals surface area contributed by atoms with Gasteiger partial charge >= 0.3 is 0 Å². The number of halogens is 1. The molecule has 1 aliphatic rings. The van der Waals surface area contributed by atoms with Crippen LogP contribution in [0.15, 0.2) is 4.99 Å². The van der Waals surface area contributed by atoms with E-state index in [0.29, 0.717) is 12.6 Å². The average molecular weight is 467 g/mol. The summed E-state index contributed by atoms with van der Waals surface area (Å²) in [5, 5.41) is 9.34. The first-order valence-electron chi connectivity index (χ1n) is 9.39. The SMILES string of the molecule is CCNC(=NCC(C)(C)C(=O)NC)NCCCN1CCCCC1C.I. The lowest BCUT2D eigenvalue weighted by molar-refractivity contribution is -0.128. The van der Waals surface area contributed by atoms with Gasteiger partial charge in [0, 0.05) is 32.7 Å². The van der Waals surface area contributed by atoms with Gasteiger partial charge in [0.15, 0.2) is 5.96 Å². The number of carbonyl (C=O) groups excluding carboxylic acids is 1. The smallest absolute Gasteiger partial charge is 0.227 e. The van der Waals surface area contributed by atoms with Gasteiger partial charge < -0.3 is 20.9 Å². The molecule has 1 saturated heterocycles. The minimum atomic E-state index is -0.500. The van der Waals surface area contributed by atoms with Crippen molar-refractivity contribution < 1.29 is 4.79 Å². The molecule has 1 fully saturated rings. The van der Waals surface area contributed by atoms with Gasteiger partial charge in [0.2, 0.25) is 5.91 Å². The second kappa shape index (κ2) is 12.7. The molecule has 0 bridgehead atoms. The highest BCUT2D eigenvalue weighted by molar-refractivity contribution is 14.0. The van der Waals surface area contributed by atoms with Crippen molar-refractivity contribution in [1.29, 1.82) is 0 Å². The Balaban J connectivity index is 0.00000576. The van der Waals surface area contributed by atoms with E-state index in [1.807, 2.05) is 13.8 Å². The van der Waals surface area contributed by atoms with Crippen LogP contribution >= 0.6 is 24.0 Å². The molecule has 148 valence electrons. The Kier molecular flexibility index (Phi) is 12.4. The summed E-state index contributed by atoms with van der Waals surface area (Å²) in [5.41, 5.74) is -0.500. The van der Waals surface area contributed by atoms with Crippen LogP contribution in [-0.2, 0) is 4.79 Å². The van der Waals surface area contributed by atoms with Crippen molar-refractivity contribution in [1.82, 2.24) is 20.9 Å². The summed E-state index contributed by atoms with van der Waals surface area (Å²) in [6, 6.07) is 0.717. The molecule has 3 N–H and O–H groups in total. The second-order valence-electron chi connectivity index (χ2n) is 7.32. The molecule has 1 atom stereocenters. The summed E-state index contributed by atoms with van der Waals surface area (Å²) in [5.74, 6) is 0.808. The summed E-state index contributed by atoms with van der Waals surface area (Å²) in [6.07, 6.45) is 5.13. The average Bonchev–Trinajstić information content (AvgIpc) is 2.57. The van der Waals surface area contributed by atoms with Crippen molar-refractivity contribution >= 4 is 35.8 Å². The maximum Gasteiger partial charge on any atom is 0.227 e. The Hall–Kier alpha value is -0.570. The van der Waals surface area contributed by atoms with Gasteiger partial charge in [-0.2, -0.15) is 0 Å². The van der Waals surface area contributed by atoms with Crippen LogP contribution in [0.4, 0.5) is 0 Å². The summed E-state index contributed by atoms with van der Waals surface area (Å²) < 4.78 is 0. The van der Waals surface area contributed by atoms with Gasteiger partial charge in [-0.15, -0.1) is 24.0 Å². The van der Waals surface area contributed by atoms with Crippen molar-refractivity contribution in [2.75, 3.05) is 39.8 Å². The molecule has 1 unspecified atom stereocenters. The molecule has 25 heavy (non-hydrogen) atoms. The van der Waals surface area contributed by atoms with Gasteiger partial charge in [0.1, 0.15) is 0 Å². The fourth-order valence-corrected chi connectivity index (χ4v) is 3.01. The maximum atomic E-state index is 11.8. The molecule has 0 aromatic heterocycles. The van der Waals surface area contributed by atoms with E-state index in [-0.39, 0.29) is 29.9 Å². The molecule has 7 heteroatoms. The Morgan fingerprint density at radius 1 is 1.28 bits per heavy atom. The van der Waals surface area contributed by atoms with Gasteiger partial charge in [0.05, 0.1) is 12.0 Å². The summed E-state index contributed by atoms with van der Waals surface area (Å²) in [4.78, 5) is 19.0. The molecule has 1 aliphatic heterocycles. The van der Waals surface area contributed by atoms with Crippen LogP contribution in [-0.4, -0.2) is 62.6 Å². The molecule has 0 radical (unpaired) electrons. The molecule has 0 spiro atoms. The van der Waals surface area contributed by atoms with Crippen LogP contribution in [0.5, 0.6) is 0 Å². The largest absolute Gasteiger partial charge is 0.359 e. The molecule has 1 heterocycles. The normalized spacial score (nSPS) is 19.1. The zero-order chi connectivity index (χ0) is 18.0. The van der Waals surface area contributed by atoms with Crippen molar-refractivity contribution in [3.05, 3.63) is 0 Å². The number of nitrogens with zero attached hydrogens (tertiary/aromatic N) is 2. The van der Waals surface area contributed by atoms with E-state index in [9.17, 15) is 4.79 Å². The maximum absolute atomic E-state index is 11.8. The Labute approximate surface area is 171 Å². The van der Waals surface area contributed by atoms with Crippen LogP contribution in [0.1, 0.15) is 53.4 Å². The van der Waals surface area contributed by atoms with Crippen LogP contribution < -0.4 is 16.0 Å². The summed E-state index contributed by atoms with van der Waals surface area (Å²) >= 11 is 0. The van der Waals surface area contributed by atoms with E-state index in [4.69, 9.17) is 0 Å². The van der Waals surface area contributed by atoms with Crippen LogP contribution in [0, 0.1) is 5.41 Å². The number of piperidine rings is 1. The Bertz CT molecular complexity index is 414. The minimum Gasteiger partial charge on any atom is -0.359 e. The Morgan fingerprint density at radius 3 is 2.60 bits per heavy atom. The number of likely N-dealkylation sites (tertiary alicyclic amines) is 1. The Morgan fingerprint density at radius 2 is 2.00 bits per heavy atom. The number of hydrogen-bond acceptors (Lipinski definition) is 3. The number of amides is 1. The van der Waals surface area contributed by atoms with Crippen LogP contribution in [0.2, 0.25) is 0 Å². The van der Waals surface area contributed by atoms with E-state index in [0.717, 1.165) is 32.0 Å². The highest BCUT2D eigenvalue weighted by atomic mass is 127. The van der Waals surface area contributed by atoms with Gasteiger partial charge in [-0.05, 0) is 53.5 Å². The summed E-state index contributed by atoms with van der Waals surface area (Å²) in [7, 11) is 1.67. The van der Waals surface area contributed by atoms with Gasteiger partial charge in [-0.25, -0.2) is 0 Å². The molecule has 6 nitrogen and oxygen atoms in total. The lowest BCUT2D eigenvalue weighted by atomic mass is 9.93. The highest BCUT2D eigenvalue weighted by Crippen LogP contribution is 2.16. The summed E-state index contributed by atoms with van der Waals surface area (Å²) in [6.45, 7) is 12.8. The predicted molar refractivity (Wildman–Crippen MR) is 117 cm³/mol. The minimum absolute atomic E-state index is 0. The van der Waals surface area contributed by atoms with E-state index in [1.165, 1.54) is 25.8 Å². The molecule has 0 aromatic rings. The number of guanidine groups is 1. The first-order valence-corrected chi connectivity index (χ1v) is 9.39. The second-order valence-corrected chi connectivity index (χ2v) is 7.32. The quantitative estimate of drug-likeness (QED) is 0.222. The zero-order valence-corrected chi connectivity index (χ0v) is 19.0. The third-order valence-corrected chi connectivity index (χ3v) is 4.67. The number of hydrogen-bond donors (Lipinski definition) is 3. The molecule has 1 amide bonds. The van der Waals surface area contributed by atoms with Crippen molar-refractivity contribution in [3.63, 3.8) is 0 Å². The van der Waals surface area contributed by atoms with Crippen molar-refractivity contribution in [3.8, 4) is 0 Å². The predicted octanol–water partition coefficient (Wildman–Crippen LogP) is 2.20. The standard InChI is InChI=1S/C18H37N5O.HI/c1-6-20-17(22-14-18(3,4)16(24)19-5)21-11-9-13-23-12-8-7-10-15(23)2;/h15H,6-14H2,1-5H3,(H,19,24)(H2,20,21,22);1H. The zero-order valence-electron chi connectivity index (χ0n) is 16.7. The molecule has 0 aliphatic carbocycles. The topological polar surface area (TPSA) is 68.8 Å². The number of nitrogens with one attached hydrogen (secondary N) is 3. The highest BCUT2D eigenvalue weighted by Gasteiger charge is 2.26. The first kappa shape index (κ1) is 24.4.